The molecule has 104 valence electrons. The highest BCUT2D eigenvalue weighted by Crippen LogP contribution is 2.30. The van der Waals surface area contributed by atoms with E-state index in [9.17, 15) is 14.4 Å². The second kappa shape index (κ2) is 4.86. The number of fused-ring (bicyclic) bond motifs is 1. The zero-order chi connectivity index (χ0) is 15.0. The van der Waals surface area contributed by atoms with Gasteiger partial charge in [-0.05, 0) is 23.8 Å². The fraction of sp³-hybridized carbons (Fsp3) is 0.0625. The monoisotopic (exact) mass is 280 g/mol. The quantitative estimate of drug-likeness (QED) is 0.853. The average Bonchev–Trinajstić information content (AvgIpc) is 2.82. The number of ketones is 1. The predicted octanol–water partition coefficient (Wildman–Crippen LogP) is 1.89. The van der Waals surface area contributed by atoms with Crippen molar-refractivity contribution in [1.82, 2.24) is 0 Å². The number of imide groups is 1. The van der Waals surface area contributed by atoms with E-state index in [0.717, 1.165) is 4.90 Å². The molecule has 0 saturated heterocycles. The Labute approximate surface area is 121 Å². The van der Waals surface area contributed by atoms with Crippen LogP contribution >= 0.6 is 0 Å². The number of anilines is 1. The number of carbonyl (C=O) groups excluding carboxylic acids is 3. The van der Waals surface area contributed by atoms with Crippen LogP contribution in [0.2, 0.25) is 0 Å². The van der Waals surface area contributed by atoms with Crippen molar-refractivity contribution in [2.75, 3.05) is 4.90 Å². The number of hydrogen-bond acceptors (Lipinski definition) is 3. The number of amides is 3. The molecule has 0 fully saturated rings. The molecule has 21 heavy (non-hydrogen) atoms. The van der Waals surface area contributed by atoms with Crippen molar-refractivity contribution in [3.05, 3.63) is 65.2 Å². The smallest absolute Gasteiger partial charge is 0.326 e. The van der Waals surface area contributed by atoms with Crippen molar-refractivity contribution in [3.63, 3.8) is 0 Å². The van der Waals surface area contributed by atoms with E-state index in [-0.39, 0.29) is 18.1 Å². The SMILES string of the molecule is NC(=O)N1C(=O)Cc2cc(C(=O)c3ccccc3)ccc21. The third-order valence-corrected chi connectivity index (χ3v) is 3.43. The van der Waals surface area contributed by atoms with Gasteiger partial charge in [-0.2, -0.15) is 0 Å². The highest BCUT2D eigenvalue weighted by Gasteiger charge is 2.31. The third kappa shape index (κ3) is 2.18. The van der Waals surface area contributed by atoms with E-state index in [1.807, 2.05) is 6.07 Å². The molecule has 0 atom stereocenters. The first-order valence-electron chi connectivity index (χ1n) is 6.43. The van der Waals surface area contributed by atoms with Crippen LogP contribution in [0.4, 0.5) is 10.5 Å². The molecule has 3 rings (SSSR count). The molecule has 5 heteroatoms. The van der Waals surface area contributed by atoms with Gasteiger partial charge >= 0.3 is 6.03 Å². The molecule has 0 radical (unpaired) electrons. The maximum atomic E-state index is 12.4. The van der Waals surface area contributed by atoms with Gasteiger partial charge in [0.05, 0.1) is 12.1 Å². The molecular weight excluding hydrogens is 268 g/mol. The molecule has 1 aliphatic rings. The number of carbonyl (C=O) groups is 3. The first-order chi connectivity index (χ1) is 10.1. The van der Waals surface area contributed by atoms with Crippen LogP contribution in [0.3, 0.4) is 0 Å². The van der Waals surface area contributed by atoms with Gasteiger partial charge in [-0.3, -0.25) is 9.59 Å². The van der Waals surface area contributed by atoms with Gasteiger partial charge < -0.3 is 5.73 Å². The van der Waals surface area contributed by atoms with E-state index in [0.29, 0.717) is 22.4 Å². The van der Waals surface area contributed by atoms with E-state index in [1.54, 1.807) is 42.5 Å². The Hall–Kier alpha value is -2.95. The van der Waals surface area contributed by atoms with Gasteiger partial charge in [-0.1, -0.05) is 30.3 Å². The zero-order valence-corrected chi connectivity index (χ0v) is 11.1. The van der Waals surface area contributed by atoms with E-state index in [1.165, 1.54) is 0 Å². The summed E-state index contributed by atoms with van der Waals surface area (Å²) in [6.07, 6.45) is 0.0776. The van der Waals surface area contributed by atoms with Gasteiger partial charge in [-0.25, -0.2) is 9.69 Å². The summed E-state index contributed by atoms with van der Waals surface area (Å²) in [7, 11) is 0. The van der Waals surface area contributed by atoms with E-state index in [4.69, 9.17) is 5.73 Å². The molecule has 2 N–H and O–H groups in total. The van der Waals surface area contributed by atoms with Crippen molar-refractivity contribution in [3.8, 4) is 0 Å². The number of urea groups is 1. The standard InChI is InChI=1S/C16H12N2O3/c17-16(21)18-13-7-6-11(8-12(13)9-14(18)19)15(20)10-4-2-1-3-5-10/h1-8H,9H2,(H2,17,21). The van der Waals surface area contributed by atoms with Gasteiger partial charge in [0.15, 0.2) is 5.78 Å². The first kappa shape index (κ1) is 13.1. The van der Waals surface area contributed by atoms with Crippen LogP contribution in [0.25, 0.3) is 0 Å². The summed E-state index contributed by atoms with van der Waals surface area (Å²) >= 11 is 0. The van der Waals surface area contributed by atoms with Crippen LogP contribution in [0.15, 0.2) is 48.5 Å². The highest BCUT2D eigenvalue weighted by molar-refractivity contribution is 6.19. The highest BCUT2D eigenvalue weighted by atomic mass is 16.2. The molecule has 5 nitrogen and oxygen atoms in total. The maximum Gasteiger partial charge on any atom is 0.326 e. The third-order valence-electron chi connectivity index (χ3n) is 3.43. The van der Waals surface area contributed by atoms with Gasteiger partial charge in [0.1, 0.15) is 0 Å². The zero-order valence-electron chi connectivity index (χ0n) is 11.1. The molecule has 1 heterocycles. The summed E-state index contributed by atoms with van der Waals surface area (Å²) in [5.74, 6) is -0.495. The molecule has 3 amide bonds. The molecule has 0 aliphatic carbocycles. The molecule has 2 aromatic rings. The summed E-state index contributed by atoms with van der Waals surface area (Å²) in [6, 6.07) is 12.9. The largest absolute Gasteiger partial charge is 0.351 e. The summed E-state index contributed by atoms with van der Waals surface area (Å²) < 4.78 is 0. The summed E-state index contributed by atoms with van der Waals surface area (Å²) in [5, 5.41) is 0. The molecule has 0 saturated carbocycles. The van der Waals surface area contributed by atoms with Gasteiger partial charge in [-0.15, -0.1) is 0 Å². The Morgan fingerprint density at radius 2 is 1.71 bits per heavy atom. The minimum Gasteiger partial charge on any atom is -0.351 e. The molecule has 0 bridgehead atoms. The summed E-state index contributed by atoms with van der Waals surface area (Å²) in [5.41, 5.74) is 7.35. The molecule has 2 aromatic carbocycles. The number of primary amides is 1. The lowest BCUT2D eigenvalue weighted by Crippen LogP contribution is -2.38. The average molecular weight is 280 g/mol. The second-order valence-electron chi connectivity index (χ2n) is 4.78. The minimum absolute atomic E-state index is 0.0776. The van der Waals surface area contributed by atoms with Crippen molar-refractivity contribution >= 4 is 23.4 Å². The van der Waals surface area contributed by atoms with Crippen molar-refractivity contribution < 1.29 is 14.4 Å². The predicted molar refractivity (Wildman–Crippen MR) is 77.1 cm³/mol. The maximum absolute atomic E-state index is 12.4. The summed E-state index contributed by atoms with van der Waals surface area (Å²) in [6.45, 7) is 0. The van der Waals surface area contributed by atoms with Crippen LogP contribution in [-0.4, -0.2) is 17.7 Å². The number of benzene rings is 2. The topological polar surface area (TPSA) is 80.5 Å². The fourth-order valence-electron chi connectivity index (χ4n) is 2.46. The Morgan fingerprint density at radius 1 is 1.00 bits per heavy atom. The minimum atomic E-state index is -0.805. The van der Waals surface area contributed by atoms with Gasteiger partial charge in [0.2, 0.25) is 5.91 Å². The Kier molecular flexibility index (Phi) is 3.02. The second-order valence-corrected chi connectivity index (χ2v) is 4.78. The molecule has 0 spiro atoms. The lowest BCUT2D eigenvalue weighted by molar-refractivity contribution is -0.116. The van der Waals surface area contributed by atoms with Crippen molar-refractivity contribution in [2.45, 2.75) is 6.42 Å². The number of nitrogens with two attached hydrogens (primary N) is 1. The van der Waals surface area contributed by atoms with E-state index < -0.39 is 6.03 Å². The Balaban J connectivity index is 1.99. The van der Waals surface area contributed by atoms with Crippen molar-refractivity contribution in [1.29, 1.82) is 0 Å². The van der Waals surface area contributed by atoms with Gasteiger partial charge in [0.25, 0.3) is 0 Å². The Bertz CT molecular complexity index is 753. The lowest BCUT2D eigenvalue weighted by atomic mass is 10.0. The number of hydrogen-bond donors (Lipinski definition) is 1. The van der Waals surface area contributed by atoms with E-state index in [2.05, 4.69) is 0 Å². The van der Waals surface area contributed by atoms with Gasteiger partial charge in [0, 0.05) is 11.1 Å². The molecule has 0 aromatic heterocycles. The number of nitrogens with zero attached hydrogens (tertiary/aromatic N) is 1. The van der Waals surface area contributed by atoms with Crippen LogP contribution in [-0.2, 0) is 11.2 Å². The lowest BCUT2D eigenvalue weighted by Gasteiger charge is -2.12. The fourth-order valence-corrected chi connectivity index (χ4v) is 2.46. The molecule has 1 aliphatic heterocycles. The van der Waals surface area contributed by atoms with Crippen LogP contribution in [0, 0.1) is 0 Å². The van der Waals surface area contributed by atoms with E-state index >= 15 is 0 Å². The normalized spacial score (nSPS) is 13.1. The number of rotatable bonds is 2. The molecule has 0 unspecified atom stereocenters. The van der Waals surface area contributed by atoms with Crippen LogP contribution < -0.4 is 10.6 Å². The Morgan fingerprint density at radius 3 is 2.38 bits per heavy atom. The summed E-state index contributed by atoms with van der Waals surface area (Å²) in [4.78, 5) is 36.3. The first-order valence-corrected chi connectivity index (χ1v) is 6.43. The molecular formula is C16H12N2O3. The van der Waals surface area contributed by atoms with Crippen LogP contribution in [0.5, 0.6) is 0 Å². The van der Waals surface area contributed by atoms with Crippen LogP contribution in [0.1, 0.15) is 21.5 Å². The van der Waals surface area contributed by atoms with Crippen molar-refractivity contribution in [2.24, 2.45) is 5.73 Å².